The molecule has 0 atom stereocenters. The summed E-state index contributed by atoms with van der Waals surface area (Å²) in [5, 5.41) is 0. The van der Waals surface area contributed by atoms with Crippen LogP contribution in [0, 0.1) is 0 Å². The molecule has 0 radical (unpaired) electrons. The van der Waals surface area contributed by atoms with Crippen molar-refractivity contribution < 1.29 is 14.3 Å². The zero-order valence-electron chi connectivity index (χ0n) is 9.48. The van der Waals surface area contributed by atoms with Crippen LogP contribution in [-0.2, 0) is 14.3 Å². The molecule has 1 aliphatic rings. The van der Waals surface area contributed by atoms with Gasteiger partial charge in [0.25, 0.3) is 0 Å². The van der Waals surface area contributed by atoms with Gasteiger partial charge in [0, 0.05) is 12.8 Å². The minimum absolute atomic E-state index is 0.0443. The van der Waals surface area contributed by atoms with E-state index in [1.807, 2.05) is 18.2 Å². The van der Waals surface area contributed by atoms with E-state index >= 15 is 0 Å². The van der Waals surface area contributed by atoms with Gasteiger partial charge in [0.1, 0.15) is 6.61 Å². The van der Waals surface area contributed by atoms with Crippen LogP contribution in [0.2, 0.25) is 0 Å². The van der Waals surface area contributed by atoms with Crippen LogP contribution in [0.15, 0.2) is 24.3 Å². The minimum Gasteiger partial charge on any atom is -0.458 e. The molecule has 88 valence electrons. The fourth-order valence-electron chi connectivity index (χ4n) is 1.42. The molecule has 0 aromatic rings. The zero-order valence-corrected chi connectivity index (χ0v) is 9.48. The summed E-state index contributed by atoms with van der Waals surface area (Å²) >= 11 is 0. The number of esters is 1. The van der Waals surface area contributed by atoms with E-state index in [2.05, 4.69) is 6.08 Å². The lowest BCUT2D eigenvalue weighted by atomic mass is 10.2. The van der Waals surface area contributed by atoms with Crippen LogP contribution in [0.3, 0.4) is 0 Å². The molecule has 0 aliphatic carbocycles. The molecule has 1 rings (SSSR count). The lowest BCUT2D eigenvalue weighted by molar-refractivity contribution is -0.147. The average Bonchev–Trinajstić information content (AvgIpc) is 2.28. The van der Waals surface area contributed by atoms with E-state index in [9.17, 15) is 9.59 Å². The summed E-state index contributed by atoms with van der Waals surface area (Å²) in [5.74, 6) is -0.337. The molecule has 0 aromatic heterocycles. The predicted molar refractivity (Wildman–Crippen MR) is 61.9 cm³/mol. The molecule has 1 heterocycles. The lowest BCUT2D eigenvalue weighted by Gasteiger charge is -2.02. The Balaban J connectivity index is 2.41. The topological polar surface area (TPSA) is 43.4 Å². The van der Waals surface area contributed by atoms with Gasteiger partial charge >= 0.3 is 5.97 Å². The first-order chi connectivity index (χ1) is 7.79. The van der Waals surface area contributed by atoms with Gasteiger partial charge in [-0.05, 0) is 25.7 Å². The number of allylic oxidation sites excluding steroid dienone is 4. The van der Waals surface area contributed by atoms with Crippen LogP contribution in [0.25, 0.3) is 0 Å². The van der Waals surface area contributed by atoms with E-state index < -0.39 is 0 Å². The van der Waals surface area contributed by atoms with Crippen molar-refractivity contribution in [3.8, 4) is 0 Å². The lowest BCUT2D eigenvalue weighted by Crippen LogP contribution is -2.12. The van der Waals surface area contributed by atoms with Crippen LogP contribution < -0.4 is 0 Å². The molecular weight excluding hydrogens is 204 g/mol. The number of cyclic esters (lactones) is 1. The molecule has 0 saturated heterocycles. The van der Waals surface area contributed by atoms with E-state index in [0.717, 1.165) is 19.3 Å². The summed E-state index contributed by atoms with van der Waals surface area (Å²) in [6, 6.07) is 0. The van der Waals surface area contributed by atoms with Gasteiger partial charge in [-0.25, -0.2) is 0 Å². The highest BCUT2D eigenvalue weighted by Crippen LogP contribution is 2.03. The van der Waals surface area contributed by atoms with Gasteiger partial charge in [0.05, 0.1) is 0 Å². The molecule has 0 aromatic carbocycles. The number of carbonyl (C=O) groups excluding carboxylic acids is 2. The summed E-state index contributed by atoms with van der Waals surface area (Å²) in [7, 11) is 0. The molecule has 0 bridgehead atoms. The Morgan fingerprint density at radius 1 is 0.938 bits per heavy atom. The second-order valence-corrected chi connectivity index (χ2v) is 3.82. The number of hydrogen-bond donors (Lipinski definition) is 0. The second-order valence-electron chi connectivity index (χ2n) is 3.82. The van der Waals surface area contributed by atoms with Crippen molar-refractivity contribution in [2.75, 3.05) is 6.61 Å². The number of ketones is 1. The standard InChI is InChI=1S/C13H18O3/c14-12-9-7-5-3-1-2-4-6-8-10-13(15)16-11-12/h4-7H,1-3,8-11H2. The molecule has 0 spiro atoms. The van der Waals surface area contributed by atoms with Gasteiger partial charge in [-0.1, -0.05) is 24.3 Å². The van der Waals surface area contributed by atoms with Crippen molar-refractivity contribution in [3.05, 3.63) is 24.3 Å². The van der Waals surface area contributed by atoms with Crippen molar-refractivity contribution in [2.45, 2.75) is 38.5 Å². The summed E-state index contributed by atoms with van der Waals surface area (Å²) in [6.45, 7) is -0.0904. The maximum atomic E-state index is 11.3. The molecule has 0 saturated carbocycles. The largest absolute Gasteiger partial charge is 0.458 e. The highest BCUT2D eigenvalue weighted by atomic mass is 16.5. The minimum atomic E-state index is -0.293. The molecule has 0 fully saturated rings. The van der Waals surface area contributed by atoms with Crippen molar-refractivity contribution >= 4 is 11.8 Å². The monoisotopic (exact) mass is 222 g/mol. The number of Topliss-reactive ketones (excluding diaryl/α,β-unsaturated/α-hetero) is 1. The summed E-state index contributed by atoms with van der Waals surface area (Å²) in [4.78, 5) is 22.4. The zero-order chi connectivity index (χ0) is 11.6. The van der Waals surface area contributed by atoms with Crippen LogP contribution in [0.5, 0.6) is 0 Å². The number of carbonyl (C=O) groups is 2. The van der Waals surface area contributed by atoms with Gasteiger partial charge < -0.3 is 4.74 Å². The Kier molecular flexibility index (Phi) is 6.23. The third-order valence-electron chi connectivity index (χ3n) is 2.33. The van der Waals surface area contributed by atoms with Crippen LogP contribution in [-0.4, -0.2) is 18.4 Å². The van der Waals surface area contributed by atoms with Gasteiger partial charge in [0.15, 0.2) is 5.78 Å². The Hall–Kier alpha value is -1.38. The third-order valence-corrected chi connectivity index (χ3v) is 2.33. The smallest absolute Gasteiger partial charge is 0.306 e. The molecule has 0 unspecified atom stereocenters. The maximum absolute atomic E-state index is 11.3. The fraction of sp³-hybridized carbons (Fsp3) is 0.538. The van der Waals surface area contributed by atoms with Gasteiger partial charge in [-0.15, -0.1) is 0 Å². The number of hydrogen-bond acceptors (Lipinski definition) is 3. The Morgan fingerprint density at radius 2 is 1.62 bits per heavy atom. The van der Waals surface area contributed by atoms with E-state index in [1.165, 1.54) is 0 Å². The van der Waals surface area contributed by atoms with E-state index in [4.69, 9.17) is 4.74 Å². The summed E-state index contributed by atoms with van der Waals surface area (Å²) < 4.78 is 4.84. The average molecular weight is 222 g/mol. The van der Waals surface area contributed by atoms with Crippen molar-refractivity contribution in [2.24, 2.45) is 0 Å². The fourth-order valence-corrected chi connectivity index (χ4v) is 1.42. The summed E-state index contributed by atoms with van der Waals surface area (Å²) in [6.07, 6.45) is 12.5. The number of rotatable bonds is 0. The van der Waals surface area contributed by atoms with Gasteiger partial charge in [-0.2, -0.15) is 0 Å². The molecule has 3 nitrogen and oxygen atoms in total. The summed E-state index contributed by atoms with van der Waals surface area (Å²) in [5.41, 5.74) is 0. The molecule has 3 heteroatoms. The van der Waals surface area contributed by atoms with Gasteiger partial charge in [0.2, 0.25) is 0 Å². The van der Waals surface area contributed by atoms with Crippen LogP contribution in [0.1, 0.15) is 38.5 Å². The highest BCUT2D eigenvalue weighted by Gasteiger charge is 2.05. The Bertz CT molecular complexity index is 290. The van der Waals surface area contributed by atoms with Gasteiger partial charge in [-0.3, -0.25) is 9.59 Å². The SMILES string of the molecule is O=C1CC=CCCCC=CCCC(=O)OC1. The maximum Gasteiger partial charge on any atom is 0.306 e. The quantitative estimate of drug-likeness (QED) is 0.467. The Labute approximate surface area is 96.2 Å². The third kappa shape index (κ3) is 6.17. The van der Waals surface area contributed by atoms with Crippen molar-refractivity contribution in [1.29, 1.82) is 0 Å². The Morgan fingerprint density at radius 3 is 2.44 bits per heavy atom. The van der Waals surface area contributed by atoms with Crippen molar-refractivity contribution in [3.63, 3.8) is 0 Å². The molecule has 0 amide bonds. The van der Waals surface area contributed by atoms with Crippen LogP contribution >= 0.6 is 0 Å². The van der Waals surface area contributed by atoms with E-state index in [1.54, 1.807) is 0 Å². The normalized spacial score (nSPS) is 20.2. The van der Waals surface area contributed by atoms with E-state index in [0.29, 0.717) is 19.3 Å². The highest BCUT2D eigenvalue weighted by molar-refractivity contribution is 5.83. The van der Waals surface area contributed by atoms with E-state index in [-0.39, 0.29) is 18.4 Å². The predicted octanol–water partition coefficient (Wildman–Crippen LogP) is 2.57. The first-order valence-electron chi connectivity index (χ1n) is 5.76. The molecule has 16 heavy (non-hydrogen) atoms. The first-order valence-corrected chi connectivity index (χ1v) is 5.76. The van der Waals surface area contributed by atoms with Crippen LogP contribution in [0.4, 0.5) is 0 Å². The molecule has 1 aliphatic heterocycles. The molecular formula is C13H18O3. The molecule has 0 N–H and O–H groups in total. The first kappa shape index (κ1) is 12.7. The second kappa shape index (κ2) is 7.85. The number of ether oxygens (including phenoxy) is 1. The van der Waals surface area contributed by atoms with Crippen molar-refractivity contribution in [1.82, 2.24) is 0 Å².